The first kappa shape index (κ1) is 34.3. The van der Waals surface area contributed by atoms with Crippen molar-refractivity contribution in [2.75, 3.05) is 4.90 Å². The molecule has 0 radical (unpaired) electrons. The predicted octanol–water partition coefficient (Wildman–Crippen LogP) is 15.5. The van der Waals surface area contributed by atoms with Crippen molar-refractivity contribution in [3.63, 3.8) is 0 Å². The minimum atomic E-state index is 0.557. The Balaban J connectivity index is 1.07. The number of oxazole rings is 1. The van der Waals surface area contributed by atoms with Crippen molar-refractivity contribution in [3.05, 3.63) is 218 Å². The molecular formula is C55H36N2O2. The monoisotopic (exact) mass is 756 g/mol. The van der Waals surface area contributed by atoms with Crippen molar-refractivity contribution >= 4 is 50.1 Å². The second kappa shape index (κ2) is 14.5. The van der Waals surface area contributed by atoms with Gasteiger partial charge in [-0.15, -0.1) is 0 Å². The third-order valence-corrected chi connectivity index (χ3v) is 11.1. The number of hydrogen-bond donors (Lipinski definition) is 0. The maximum atomic E-state index is 6.76. The van der Waals surface area contributed by atoms with E-state index in [0.717, 1.165) is 72.3 Å². The van der Waals surface area contributed by atoms with Crippen LogP contribution < -0.4 is 4.90 Å². The van der Waals surface area contributed by atoms with Gasteiger partial charge in [-0.3, -0.25) is 0 Å². The van der Waals surface area contributed by atoms with Crippen molar-refractivity contribution in [1.82, 2.24) is 4.98 Å². The van der Waals surface area contributed by atoms with Gasteiger partial charge in [0.1, 0.15) is 16.7 Å². The molecule has 0 unspecified atom stereocenters. The Morgan fingerprint density at radius 3 is 1.41 bits per heavy atom. The highest BCUT2D eigenvalue weighted by Gasteiger charge is 2.25. The largest absolute Gasteiger partial charge is 0.456 e. The lowest BCUT2D eigenvalue weighted by Crippen LogP contribution is -2.10. The molecule has 0 N–H and O–H groups in total. The molecule has 0 atom stereocenters. The minimum Gasteiger partial charge on any atom is -0.456 e. The topological polar surface area (TPSA) is 42.4 Å². The van der Waals surface area contributed by atoms with Crippen LogP contribution in [-0.4, -0.2) is 4.98 Å². The van der Waals surface area contributed by atoms with Crippen LogP contribution in [-0.2, 0) is 0 Å². The molecule has 278 valence electrons. The SMILES string of the molecule is c1ccc(-c2ccc(-c3ccc(N(c4cccc(-c5ccc(-c6ccccc6)cc5)c4)c4cc5oc6ccccc6c5c5oc(-c6ccccc6)nc45)cc3)cc2)cc1. The molecular weight excluding hydrogens is 721 g/mol. The predicted molar refractivity (Wildman–Crippen MR) is 243 cm³/mol. The van der Waals surface area contributed by atoms with E-state index in [9.17, 15) is 0 Å². The molecule has 0 spiro atoms. The maximum Gasteiger partial charge on any atom is 0.227 e. The van der Waals surface area contributed by atoms with E-state index in [1.807, 2.05) is 60.7 Å². The van der Waals surface area contributed by atoms with E-state index in [4.69, 9.17) is 13.8 Å². The number of rotatable bonds is 8. The summed E-state index contributed by atoms with van der Waals surface area (Å²) < 4.78 is 13.3. The summed E-state index contributed by atoms with van der Waals surface area (Å²) in [5.41, 5.74) is 16.0. The van der Waals surface area contributed by atoms with Gasteiger partial charge in [-0.1, -0.05) is 170 Å². The highest BCUT2D eigenvalue weighted by molar-refractivity contribution is 6.20. The molecule has 2 heterocycles. The van der Waals surface area contributed by atoms with Gasteiger partial charge in [-0.05, 0) is 87.0 Å². The fourth-order valence-electron chi connectivity index (χ4n) is 8.16. The van der Waals surface area contributed by atoms with Gasteiger partial charge in [0.2, 0.25) is 5.89 Å². The molecule has 11 rings (SSSR count). The highest BCUT2D eigenvalue weighted by atomic mass is 16.4. The molecule has 11 aromatic rings. The van der Waals surface area contributed by atoms with Crippen LogP contribution in [0.3, 0.4) is 0 Å². The van der Waals surface area contributed by atoms with Gasteiger partial charge in [-0.25, -0.2) is 4.98 Å². The van der Waals surface area contributed by atoms with E-state index in [1.54, 1.807) is 0 Å². The van der Waals surface area contributed by atoms with Gasteiger partial charge < -0.3 is 13.7 Å². The fourth-order valence-corrected chi connectivity index (χ4v) is 8.16. The molecule has 0 aliphatic carbocycles. The van der Waals surface area contributed by atoms with Gasteiger partial charge in [0.05, 0.1) is 11.1 Å². The van der Waals surface area contributed by atoms with Gasteiger partial charge >= 0.3 is 0 Å². The zero-order chi connectivity index (χ0) is 39.1. The number of furan rings is 1. The molecule has 0 saturated carbocycles. The van der Waals surface area contributed by atoms with Crippen molar-refractivity contribution in [2.24, 2.45) is 0 Å². The Labute approximate surface area is 341 Å². The van der Waals surface area contributed by atoms with Gasteiger partial charge in [0.15, 0.2) is 5.58 Å². The Hall–Kier alpha value is -7.95. The average molecular weight is 757 g/mol. The molecule has 0 aliphatic rings. The number of anilines is 3. The van der Waals surface area contributed by atoms with E-state index in [2.05, 4.69) is 163 Å². The molecule has 4 nitrogen and oxygen atoms in total. The van der Waals surface area contributed by atoms with Crippen LogP contribution in [0.5, 0.6) is 0 Å². The molecule has 0 bridgehead atoms. The highest BCUT2D eigenvalue weighted by Crippen LogP contribution is 2.46. The van der Waals surface area contributed by atoms with Gasteiger partial charge in [0, 0.05) is 28.4 Å². The van der Waals surface area contributed by atoms with Gasteiger partial charge in [-0.2, -0.15) is 0 Å². The van der Waals surface area contributed by atoms with Crippen LogP contribution in [0.25, 0.3) is 89.0 Å². The summed E-state index contributed by atoms with van der Waals surface area (Å²) in [4.78, 5) is 7.53. The molecule has 0 fully saturated rings. The van der Waals surface area contributed by atoms with Crippen LogP contribution in [0.2, 0.25) is 0 Å². The molecule has 0 amide bonds. The first-order chi connectivity index (χ1) is 29.2. The lowest BCUT2D eigenvalue weighted by Gasteiger charge is -2.26. The Kier molecular flexibility index (Phi) is 8.45. The third kappa shape index (κ3) is 6.34. The van der Waals surface area contributed by atoms with Crippen LogP contribution in [0.1, 0.15) is 0 Å². The number of benzene rings is 9. The maximum absolute atomic E-state index is 6.76. The first-order valence-electron chi connectivity index (χ1n) is 19.9. The minimum absolute atomic E-state index is 0.557. The number of aromatic nitrogens is 1. The molecule has 0 saturated heterocycles. The second-order valence-electron chi connectivity index (χ2n) is 14.7. The number of para-hydroxylation sites is 1. The quantitative estimate of drug-likeness (QED) is 0.155. The zero-order valence-electron chi connectivity index (χ0n) is 32.0. The number of fused-ring (bicyclic) bond motifs is 5. The summed E-state index contributed by atoms with van der Waals surface area (Å²) in [5.74, 6) is 0.557. The van der Waals surface area contributed by atoms with Crippen LogP contribution in [0.4, 0.5) is 17.1 Å². The Bertz CT molecular complexity index is 3220. The Morgan fingerprint density at radius 2 is 0.814 bits per heavy atom. The molecule has 2 aromatic heterocycles. The lowest BCUT2D eigenvalue weighted by atomic mass is 9.99. The van der Waals surface area contributed by atoms with Crippen LogP contribution in [0.15, 0.2) is 227 Å². The normalized spacial score (nSPS) is 11.4. The van der Waals surface area contributed by atoms with E-state index in [0.29, 0.717) is 11.5 Å². The fraction of sp³-hybridized carbons (Fsp3) is 0. The average Bonchev–Trinajstić information content (AvgIpc) is 3.93. The van der Waals surface area contributed by atoms with Crippen LogP contribution in [0, 0.1) is 0 Å². The second-order valence-corrected chi connectivity index (χ2v) is 14.7. The van der Waals surface area contributed by atoms with Gasteiger partial charge in [0.25, 0.3) is 0 Å². The molecule has 0 aliphatic heterocycles. The Morgan fingerprint density at radius 1 is 0.339 bits per heavy atom. The summed E-state index contributed by atoms with van der Waals surface area (Å²) in [5, 5.41) is 1.90. The van der Waals surface area contributed by atoms with E-state index < -0.39 is 0 Å². The summed E-state index contributed by atoms with van der Waals surface area (Å²) in [7, 11) is 0. The van der Waals surface area contributed by atoms with E-state index in [-0.39, 0.29) is 0 Å². The smallest absolute Gasteiger partial charge is 0.227 e. The molecule has 4 heteroatoms. The van der Waals surface area contributed by atoms with Crippen molar-refractivity contribution in [2.45, 2.75) is 0 Å². The summed E-state index contributed by atoms with van der Waals surface area (Å²) in [6.45, 7) is 0. The number of hydrogen-bond acceptors (Lipinski definition) is 4. The summed E-state index contributed by atoms with van der Waals surface area (Å²) in [6.07, 6.45) is 0. The zero-order valence-corrected chi connectivity index (χ0v) is 32.0. The molecule has 9 aromatic carbocycles. The summed E-state index contributed by atoms with van der Waals surface area (Å²) in [6, 6.07) is 76.3. The van der Waals surface area contributed by atoms with Crippen molar-refractivity contribution in [1.29, 1.82) is 0 Å². The standard InChI is InChI=1S/C55H36N2O2/c1-4-13-37(14-5-1)39-23-25-41(26-24-39)42-31-33-46(34-32-42)57(47-20-12-19-45(35-47)43-29-27-40(28-30-43)38-15-6-2-7-16-38)49-36-51-52(48-21-10-11-22-50(48)58-51)54-53(49)56-55(59-54)44-17-8-3-9-18-44/h1-36H. The number of nitrogens with zero attached hydrogens (tertiary/aromatic N) is 2. The van der Waals surface area contributed by atoms with Crippen molar-refractivity contribution < 1.29 is 8.83 Å². The van der Waals surface area contributed by atoms with Crippen LogP contribution >= 0.6 is 0 Å². The molecule has 59 heavy (non-hydrogen) atoms. The lowest BCUT2D eigenvalue weighted by molar-refractivity contribution is 0.622. The third-order valence-electron chi connectivity index (χ3n) is 11.1. The van der Waals surface area contributed by atoms with Crippen molar-refractivity contribution in [3.8, 4) is 56.0 Å². The van der Waals surface area contributed by atoms with E-state index >= 15 is 0 Å². The summed E-state index contributed by atoms with van der Waals surface area (Å²) >= 11 is 0. The first-order valence-corrected chi connectivity index (χ1v) is 19.9. The van der Waals surface area contributed by atoms with E-state index in [1.165, 1.54) is 22.3 Å².